The molecule has 105 heavy (non-hydrogen) atoms. The molecular weight excluding hydrogens is 1430 g/mol. The minimum Gasteiger partial charge on any atom is -0.508 e. The number of fused-ring (bicyclic) bond motifs is 1. The number of carbonyl (C=O) groups excluding carboxylic acids is 3. The highest BCUT2D eigenvalue weighted by Gasteiger charge is 2.60. The fraction of sp³-hybridized carbons (Fsp3) is 0.750. The summed E-state index contributed by atoms with van der Waals surface area (Å²) in [5.41, 5.74) is -1.51. The highest BCUT2D eigenvalue weighted by molar-refractivity contribution is 5.99. The molecule has 0 radical (unpaired) electrons. The lowest BCUT2D eigenvalue weighted by Gasteiger charge is -2.50. The molecule has 0 saturated carbocycles. The minimum absolute atomic E-state index is 0.0610. The predicted octanol–water partition coefficient (Wildman–Crippen LogP) is -15.4. The number of aromatic amines is 1. The average Bonchev–Trinajstić information content (AvgIpc) is 0.874. The average molecular weight is 1520 g/mol. The zero-order valence-corrected chi connectivity index (χ0v) is 54.7. The number of rotatable bonds is 15. The van der Waals surface area contributed by atoms with Crippen LogP contribution in [0.5, 0.6) is 5.75 Å². The molecule has 21 aliphatic rings. The molecular formula is C60H85N5O40. The van der Waals surface area contributed by atoms with Gasteiger partial charge in [-0.2, -0.15) is 0 Å². The Bertz CT molecular complexity index is 3390. The SMILES string of the molecule is O=C(CNC(=O)c1cc2ccc(O)cc2oc1=O)N[C@@H](Cc1cnc[nH]1)C(=O)NC[C@H]1O[C@@H]2O[C@H]3[C@H](O)[C@@H](O)[C@@H](O[C@H]4[C@H](O)[C@@H](O)[C@@H](O[C@H]5[C@H](O)[C@@H](O)[C@@H](O[C@H]6[C@H](O)[C@@H](O)[C@@H](O[C@H]7[C@H](O)[C@@H](O)[C@@H](O[C@H]8[C@H](O)[C@@H](O)[C@@H](O[C@H]1[C@H](O)[C@H]2O)O[C@@H]8CO)O[C@@H]7CO)O[C@@H]6CO)O[C@@H]5CO)O[C@@H]4CO)O[C@@H]3CO. The van der Waals surface area contributed by atoms with Crippen LogP contribution in [0.4, 0.5) is 0 Å². The molecule has 1 aromatic carbocycles. The van der Waals surface area contributed by atoms with E-state index in [9.17, 15) is 126 Å². The van der Waals surface area contributed by atoms with Gasteiger partial charge in [-0.1, -0.05) is 0 Å². The van der Waals surface area contributed by atoms with Gasteiger partial charge < -0.3 is 199 Å². The minimum atomic E-state index is -2.41. The van der Waals surface area contributed by atoms with Crippen molar-refractivity contribution in [1.82, 2.24) is 25.9 Å². The van der Waals surface area contributed by atoms with Crippen LogP contribution in [-0.2, 0) is 82.3 Å². The summed E-state index contributed by atoms with van der Waals surface area (Å²) in [4.78, 5) is 60.7. The Morgan fingerprint density at radius 1 is 0.429 bits per heavy atom. The van der Waals surface area contributed by atoms with Gasteiger partial charge in [0.05, 0.1) is 52.5 Å². The standard InChI is InChI=1S/C60H85N5O40/c66-9-23-45-32(76)39(83)56(94-23)102-47-25(11-68)96-58(41(85)34(47)78)104-49-27(13-70)98-60(43(87)36(49)80)105-50-28(14-71)97-59(42(86)35(50)79)103-48-26(12-69)95-57(40(84)33(48)77)101-46-24(10-67)93-55(38(82)31(46)75)99-44-22(92-54(100-45)37(81)30(44)74)7-62-52(89)20(4-17-6-61-15-64-17)65-29(73)8-63-51(88)19-3-16-1-2-18(72)5-21(16)91-53(19)90/h1-3,5-6,15,20,22-28,30-50,54-60,66-72,74-87H,4,7-14H2,(H,61,64)(H,62,89)(H,63,88)(H,65,73)/t20-,22+,23+,24+,25+,26+,27+,28+,30+,31+,32+,33+,34+,35+,36+,37+,38+,39+,40+,41+,42+,43+,44+,45+,46+,47+,48+,49+,50+,54+,55+,56+,57+,58+,59+,60+/m0/s1. The number of hydrogen-bond donors (Lipinski definition) is 25. The van der Waals surface area contributed by atoms with Gasteiger partial charge in [-0.15, -0.1) is 0 Å². The van der Waals surface area contributed by atoms with E-state index >= 15 is 0 Å². The van der Waals surface area contributed by atoms with Crippen molar-refractivity contribution in [3.63, 3.8) is 0 Å². The number of aromatic nitrogens is 2. The van der Waals surface area contributed by atoms with Crippen molar-refractivity contribution in [3.8, 4) is 5.75 Å². The first-order chi connectivity index (χ1) is 50.1. The second-order valence-corrected chi connectivity index (χ2v) is 26.0. The Labute approximate surface area is 589 Å². The number of H-pyrrole nitrogens is 1. The molecule has 0 spiro atoms. The number of phenols is 1. The maximum atomic E-state index is 14.4. The van der Waals surface area contributed by atoms with E-state index in [0.29, 0.717) is 0 Å². The van der Waals surface area contributed by atoms with Crippen molar-refractivity contribution in [3.05, 3.63) is 58.5 Å². The Balaban J connectivity index is 0.870. The number of aliphatic hydroxyl groups excluding tert-OH is 20. The molecule has 0 aliphatic carbocycles. The summed E-state index contributed by atoms with van der Waals surface area (Å²) in [5, 5.41) is 243. The summed E-state index contributed by atoms with van der Waals surface area (Å²) in [6, 6.07) is 3.26. The molecule has 24 rings (SSSR count). The van der Waals surface area contributed by atoms with Gasteiger partial charge in [0.25, 0.3) is 5.91 Å². The molecule has 21 fully saturated rings. The van der Waals surface area contributed by atoms with Crippen LogP contribution >= 0.6 is 0 Å². The first-order valence-electron chi connectivity index (χ1n) is 33.1. The first-order valence-corrected chi connectivity index (χ1v) is 33.1. The van der Waals surface area contributed by atoms with Gasteiger partial charge >= 0.3 is 5.63 Å². The molecule has 45 heteroatoms. The van der Waals surface area contributed by atoms with E-state index < -0.39 is 303 Å². The maximum Gasteiger partial charge on any atom is 0.349 e. The van der Waals surface area contributed by atoms with Gasteiger partial charge in [0, 0.05) is 36.3 Å². The van der Waals surface area contributed by atoms with Gasteiger partial charge in [-0.25, -0.2) is 9.78 Å². The van der Waals surface area contributed by atoms with E-state index in [1.807, 2.05) is 0 Å². The molecule has 3 amide bonds. The van der Waals surface area contributed by atoms with E-state index in [1.165, 1.54) is 24.7 Å². The number of aliphatic hydroxyl groups is 20. The number of phenolic OH excluding ortho intramolecular Hbond substituents is 1. The van der Waals surface area contributed by atoms with Gasteiger partial charge in [-0.3, -0.25) is 14.4 Å². The summed E-state index contributed by atoms with van der Waals surface area (Å²) in [5.74, 6) is -3.45. The first kappa shape index (κ1) is 80.5. The number of benzene rings is 1. The third-order valence-corrected chi connectivity index (χ3v) is 19.1. The van der Waals surface area contributed by atoms with Gasteiger partial charge in [0.15, 0.2) is 44.0 Å². The van der Waals surface area contributed by atoms with E-state index in [2.05, 4.69) is 25.9 Å². The highest BCUT2D eigenvalue weighted by Crippen LogP contribution is 2.39. The number of aromatic hydroxyl groups is 1. The number of nitrogens with zero attached hydrogens (tertiary/aromatic N) is 1. The number of carbonyl (C=O) groups is 3. The van der Waals surface area contributed by atoms with Gasteiger partial charge in [-0.05, 0) is 18.2 Å². The van der Waals surface area contributed by atoms with Crippen molar-refractivity contribution in [2.75, 3.05) is 52.7 Å². The van der Waals surface area contributed by atoms with Crippen molar-refractivity contribution in [2.24, 2.45) is 0 Å². The van der Waals surface area contributed by atoms with Crippen LogP contribution in [-0.4, -0.2) is 409 Å². The van der Waals surface area contributed by atoms with Crippen molar-refractivity contribution < 1.29 is 192 Å². The van der Waals surface area contributed by atoms with Gasteiger partial charge in [0.1, 0.15) is 194 Å². The zero-order chi connectivity index (χ0) is 75.7. The Morgan fingerprint density at radius 3 is 1.07 bits per heavy atom. The number of nitrogens with one attached hydrogen (secondary N) is 4. The van der Waals surface area contributed by atoms with Crippen LogP contribution in [0.2, 0.25) is 0 Å². The van der Waals surface area contributed by atoms with E-state index in [0.717, 1.165) is 12.1 Å². The number of hydrogen-bond acceptors (Lipinski definition) is 41. The fourth-order valence-electron chi connectivity index (χ4n) is 13.3. The lowest BCUT2D eigenvalue weighted by molar-refractivity contribution is -0.396. The zero-order valence-electron chi connectivity index (χ0n) is 54.7. The summed E-state index contributed by atoms with van der Waals surface area (Å²) in [7, 11) is 0. The molecule has 590 valence electrons. The largest absolute Gasteiger partial charge is 0.508 e. The molecule has 36 atom stereocenters. The second-order valence-electron chi connectivity index (χ2n) is 26.0. The van der Waals surface area contributed by atoms with E-state index in [4.69, 9.17) is 70.7 Å². The lowest BCUT2D eigenvalue weighted by atomic mass is 9.95. The molecule has 0 unspecified atom stereocenters. The molecule has 3 aromatic rings. The second kappa shape index (κ2) is 34.6. The number of imidazole rings is 1. The Kier molecular flexibility index (Phi) is 26.5. The fourth-order valence-corrected chi connectivity index (χ4v) is 13.3. The van der Waals surface area contributed by atoms with E-state index in [-0.39, 0.29) is 28.8 Å². The van der Waals surface area contributed by atoms with Crippen LogP contribution in [0.1, 0.15) is 16.1 Å². The smallest absolute Gasteiger partial charge is 0.349 e. The van der Waals surface area contributed by atoms with Crippen LogP contribution in [0.25, 0.3) is 11.0 Å². The number of ether oxygens (including phenoxy) is 14. The van der Waals surface area contributed by atoms with E-state index in [1.54, 1.807) is 0 Å². The number of amides is 3. The molecule has 45 nitrogen and oxygen atoms in total. The highest BCUT2D eigenvalue weighted by atomic mass is 16.8. The van der Waals surface area contributed by atoms with Crippen LogP contribution < -0.4 is 21.6 Å². The van der Waals surface area contributed by atoms with Crippen LogP contribution in [0, 0.1) is 0 Å². The molecule has 25 N–H and O–H groups in total. The molecule has 14 bridgehead atoms. The molecule has 2 aromatic heterocycles. The normalized spacial score (nSPS) is 43.9. The van der Waals surface area contributed by atoms with Crippen molar-refractivity contribution in [1.29, 1.82) is 0 Å². The summed E-state index contributed by atoms with van der Waals surface area (Å²) in [6.07, 6.45) is -72.3. The monoisotopic (exact) mass is 1520 g/mol. The lowest BCUT2D eigenvalue weighted by Crippen LogP contribution is -2.68. The van der Waals surface area contributed by atoms with Crippen LogP contribution in [0.15, 0.2) is 46.0 Å². The quantitative estimate of drug-likeness (QED) is 0.0628. The summed E-state index contributed by atoms with van der Waals surface area (Å²) < 4.78 is 86.6. The third-order valence-electron chi connectivity index (χ3n) is 19.1. The maximum absolute atomic E-state index is 14.4. The van der Waals surface area contributed by atoms with Gasteiger partial charge in [0.2, 0.25) is 11.8 Å². The van der Waals surface area contributed by atoms with Crippen LogP contribution in [0.3, 0.4) is 0 Å². The van der Waals surface area contributed by atoms with Crippen molar-refractivity contribution in [2.45, 2.75) is 227 Å². The predicted molar refractivity (Wildman–Crippen MR) is 325 cm³/mol. The summed E-state index contributed by atoms with van der Waals surface area (Å²) in [6.45, 7) is -8.53. The third kappa shape index (κ3) is 17.0. The topological polar surface area (TPSA) is 700 Å². The Hall–Kier alpha value is -5.51. The van der Waals surface area contributed by atoms with Crippen molar-refractivity contribution >= 4 is 28.7 Å². The summed E-state index contributed by atoms with van der Waals surface area (Å²) >= 11 is 0. The molecule has 21 saturated heterocycles. The molecule has 21 aliphatic heterocycles. The Morgan fingerprint density at radius 2 is 0.752 bits per heavy atom. The molecule has 23 heterocycles.